The number of Topliss-reactive ketones (excluding diaryl/α,β-unsaturated/α-hetero) is 1. The Morgan fingerprint density at radius 3 is 2.57 bits per heavy atom. The van der Waals surface area contributed by atoms with Crippen LogP contribution in [-0.4, -0.2) is 32.2 Å². The first-order chi connectivity index (χ1) is 10.3. The molecule has 0 amide bonds. The van der Waals surface area contributed by atoms with Crippen LogP contribution in [0.2, 0.25) is 0 Å². The Labute approximate surface area is 125 Å². The second-order valence-corrected chi connectivity index (χ2v) is 5.78. The summed E-state index contributed by atoms with van der Waals surface area (Å²) in [5, 5.41) is 0. The fourth-order valence-corrected chi connectivity index (χ4v) is 3.31. The molecule has 1 aliphatic heterocycles. The van der Waals surface area contributed by atoms with Gasteiger partial charge in [-0.25, -0.2) is 0 Å². The molecule has 1 atom stereocenters. The van der Waals surface area contributed by atoms with Crippen molar-refractivity contribution in [2.45, 2.75) is 38.2 Å². The van der Waals surface area contributed by atoms with Gasteiger partial charge in [0.25, 0.3) is 0 Å². The zero-order valence-electron chi connectivity index (χ0n) is 12.5. The van der Waals surface area contributed by atoms with E-state index in [0.717, 1.165) is 12.8 Å². The van der Waals surface area contributed by atoms with Gasteiger partial charge in [-0.3, -0.25) is 4.79 Å². The molecule has 0 saturated heterocycles. The van der Waals surface area contributed by atoms with E-state index >= 15 is 0 Å². The van der Waals surface area contributed by atoms with E-state index in [2.05, 4.69) is 0 Å². The lowest BCUT2D eigenvalue weighted by molar-refractivity contribution is 0.0314. The third-order valence-corrected chi connectivity index (χ3v) is 4.42. The van der Waals surface area contributed by atoms with Gasteiger partial charge < -0.3 is 14.2 Å². The fraction of sp³-hybridized carbons (Fsp3) is 0.588. The van der Waals surface area contributed by atoms with Crippen molar-refractivity contribution in [1.82, 2.24) is 0 Å². The molecule has 3 rings (SSSR count). The highest BCUT2D eigenvalue weighted by molar-refractivity contribution is 6.00. The topological polar surface area (TPSA) is 44.8 Å². The van der Waals surface area contributed by atoms with Gasteiger partial charge in [0.1, 0.15) is 19.3 Å². The predicted octanol–water partition coefficient (Wildman–Crippen LogP) is 3.24. The summed E-state index contributed by atoms with van der Waals surface area (Å²) < 4.78 is 16.6. The van der Waals surface area contributed by atoms with Crippen molar-refractivity contribution in [1.29, 1.82) is 0 Å². The van der Waals surface area contributed by atoms with Crippen molar-refractivity contribution in [3.8, 4) is 11.5 Å². The van der Waals surface area contributed by atoms with Crippen LogP contribution in [0.4, 0.5) is 0 Å². The van der Waals surface area contributed by atoms with Crippen molar-refractivity contribution >= 4 is 5.78 Å². The molecule has 1 heterocycles. The largest absolute Gasteiger partial charge is 0.486 e. The van der Waals surface area contributed by atoms with Crippen molar-refractivity contribution in [3.05, 3.63) is 23.8 Å². The first kappa shape index (κ1) is 14.4. The molecule has 4 heteroatoms. The highest BCUT2D eigenvalue weighted by atomic mass is 16.6. The van der Waals surface area contributed by atoms with Crippen LogP contribution in [0.15, 0.2) is 18.2 Å². The SMILES string of the molecule is COC(C(=O)c1ccc2c(c1)OCCO2)C1CCCCC1. The van der Waals surface area contributed by atoms with Crippen LogP contribution in [0.25, 0.3) is 0 Å². The van der Waals surface area contributed by atoms with Crippen LogP contribution in [0.1, 0.15) is 42.5 Å². The lowest BCUT2D eigenvalue weighted by Gasteiger charge is -2.28. The number of benzene rings is 1. The van der Waals surface area contributed by atoms with E-state index < -0.39 is 0 Å². The summed E-state index contributed by atoms with van der Waals surface area (Å²) in [6, 6.07) is 5.41. The molecule has 0 bridgehead atoms. The van der Waals surface area contributed by atoms with Crippen molar-refractivity contribution in [2.24, 2.45) is 5.92 Å². The molecule has 0 aromatic heterocycles. The Morgan fingerprint density at radius 1 is 1.14 bits per heavy atom. The summed E-state index contributed by atoms with van der Waals surface area (Å²) in [5.74, 6) is 1.76. The molecular formula is C17H22O4. The minimum Gasteiger partial charge on any atom is -0.486 e. The summed E-state index contributed by atoms with van der Waals surface area (Å²) in [7, 11) is 1.63. The number of methoxy groups -OCH3 is 1. The van der Waals surface area contributed by atoms with Crippen LogP contribution >= 0.6 is 0 Å². The van der Waals surface area contributed by atoms with Crippen LogP contribution in [0.3, 0.4) is 0 Å². The van der Waals surface area contributed by atoms with Crippen molar-refractivity contribution in [3.63, 3.8) is 0 Å². The van der Waals surface area contributed by atoms with E-state index in [-0.39, 0.29) is 11.9 Å². The lowest BCUT2D eigenvalue weighted by atomic mass is 9.82. The monoisotopic (exact) mass is 290 g/mol. The molecule has 1 aromatic rings. The Hall–Kier alpha value is -1.55. The number of rotatable bonds is 4. The Balaban J connectivity index is 1.79. The lowest BCUT2D eigenvalue weighted by Crippen LogP contribution is -2.33. The maximum absolute atomic E-state index is 12.7. The van der Waals surface area contributed by atoms with E-state index in [1.807, 2.05) is 12.1 Å². The zero-order valence-corrected chi connectivity index (χ0v) is 12.5. The molecule has 4 nitrogen and oxygen atoms in total. The Kier molecular flexibility index (Phi) is 4.44. The molecule has 1 saturated carbocycles. The standard InChI is InChI=1S/C17H22O4/c1-19-17(12-5-3-2-4-6-12)16(18)13-7-8-14-15(11-13)21-10-9-20-14/h7-8,11-12,17H,2-6,9-10H2,1H3. The number of hydrogen-bond acceptors (Lipinski definition) is 4. The average molecular weight is 290 g/mol. The maximum atomic E-state index is 12.7. The minimum atomic E-state index is -0.340. The van der Waals surface area contributed by atoms with Crippen LogP contribution < -0.4 is 9.47 Å². The van der Waals surface area contributed by atoms with Crippen LogP contribution in [-0.2, 0) is 4.74 Å². The molecule has 2 aliphatic rings. The first-order valence-corrected chi connectivity index (χ1v) is 7.76. The highest BCUT2D eigenvalue weighted by Gasteiger charge is 2.30. The van der Waals surface area contributed by atoms with Crippen LogP contribution in [0, 0.1) is 5.92 Å². The molecule has 0 spiro atoms. The fourth-order valence-electron chi connectivity index (χ4n) is 3.31. The second kappa shape index (κ2) is 6.48. The van der Waals surface area contributed by atoms with Crippen molar-refractivity contribution in [2.75, 3.05) is 20.3 Å². The number of ether oxygens (including phenoxy) is 3. The van der Waals surface area contributed by atoms with Gasteiger partial charge in [-0.2, -0.15) is 0 Å². The smallest absolute Gasteiger partial charge is 0.191 e. The van der Waals surface area contributed by atoms with E-state index in [9.17, 15) is 4.79 Å². The van der Waals surface area contributed by atoms with Gasteiger partial charge in [-0.15, -0.1) is 0 Å². The summed E-state index contributed by atoms with van der Waals surface area (Å²) >= 11 is 0. The van der Waals surface area contributed by atoms with Gasteiger partial charge in [0, 0.05) is 12.7 Å². The molecule has 0 N–H and O–H groups in total. The van der Waals surface area contributed by atoms with Gasteiger partial charge in [0.05, 0.1) is 0 Å². The summed E-state index contributed by atoms with van der Waals surface area (Å²) in [6.07, 6.45) is 5.47. The molecule has 0 radical (unpaired) electrons. The highest BCUT2D eigenvalue weighted by Crippen LogP contribution is 2.33. The molecule has 21 heavy (non-hydrogen) atoms. The van der Waals surface area contributed by atoms with E-state index in [1.165, 1.54) is 19.3 Å². The molecule has 1 unspecified atom stereocenters. The summed E-state index contributed by atoms with van der Waals surface area (Å²) in [5.41, 5.74) is 0.650. The molecular weight excluding hydrogens is 268 g/mol. The zero-order chi connectivity index (χ0) is 14.7. The third kappa shape index (κ3) is 3.05. The van der Waals surface area contributed by atoms with Gasteiger partial charge in [-0.1, -0.05) is 19.3 Å². The number of fused-ring (bicyclic) bond motifs is 1. The van der Waals surface area contributed by atoms with Gasteiger partial charge >= 0.3 is 0 Å². The minimum absolute atomic E-state index is 0.0568. The average Bonchev–Trinajstić information content (AvgIpc) is 2.56. The molecule has 1 aliphatic carbocycles. The molecule has 114 valence electrons. The number of carbonyl (C=O) groups is 1. The van der Waals surface area contributed by atoms with Gasteiger partial charge in [0.15, 0.2) is 17.3 Å². The summed E-state index contributed by atoms with van der Waals surface area (Å²) in [6.45, 7) is 1.09. The number of ketones is 1. The van der Waals surface area contributed by atoms with Gasteiger partial charge in [-0.05, 0) is 37.0 Å². The molecule has 1 fully saturated rings. The normalized spacial score (nSPS) is 20.0. The summed E-state index contributed by atoms with van der Waals surface area (Å²) in [4.78, 5) is 12.7. The quantitative estimate of drug-likeness (QED) is 0.799. The maximum Gasteiger partial charge on any atom is 0.191 e. The van der Waals surface area contributed by atoms with Crippen LogP contribution in [0.5, 0.6) is 11.5 Å². The van der Waals surface area contributed by atoms with E-state index in [1.54, 1.807) is 13.2 Å². The van der Waals surface area contributed by atoms with E-state index in [4.69, 9.17) is 14.2 Å². The predicted molar refractivity (Wildman–Crippen MR) is 79.1 cm³/mol. The van der Waals surface area contributed by atoms with E-state index in [0.29, 0.717) is 36.2 Å². The third-order valence-electron chi connectivity index (χ3n) is 4.42. The molecule has 1 aromatic carbocycles. The Morgan fingerprint density at radius 2 is 1.86 bits per heavy atom. The second-order valence-electron chi connectivity index (χ2n) is 5.78. The number of carbonyl (C=O) groups excluding carboxylic acids is 1. The number of hydrogen-bond donors (Lipinski definition) is 0. The first-order valence-electron chi connectivity index (χ1n) is 7.76. The van der Waals surface area contributed by atoms with Crippen molar-refractivity contribution < 1.29 is 19.0 Å². The van der Waals surface area contributed by atoms with Gasteiger partial charge in [0.2, 0.25) is 0 Å². The Bertz CT molecular complexity index is 506.